The molecule has 0 spiro atoms. The number of carbonyl (C=O) groups is 3. The van der Waals surface area contributed by atoms with Crippen LogP contribution in [0.5, 0.6) is 0 Å². The van der Waals surface area contributed by atoms with E-state index in [-0.39, 0.29) is 13.0 Å². The number of anilines is 1. The van der Waals surface area contributed by atoms with E-state index in [1.165, 1.54) is 18.2 Å². The second-order valence-corrected chi connectivity index (χ2v) is 7.94. The smallest absolute Gasteiger partial charge is 0.310 e. The Morgan fingerprint density at radius 3 is 2.61 bits per heavy atom. The van der Waals surface area contributed by atoms with Crippen molar-refractivity contribution >= 4 is 56.8 Å². The van der Waals surface area contributed by atoms with Gasteiger partial charge in [0.1, 0.15) is 5.58 Å². The molecule has 0 aliphatic rings. The fraction of sp³-hybridized carbons (Fsp3) is 0.160. The van der Waals surface area contributed by atoms with Gasteiger partial charge in [0.25, 0.3) is 5.91 Å². The molecule has 1 heterocycles. The first-order valence-corrected chi connectivity index (χ1v) is 10.6. The van der Waals surface area contributed by atoms with Crippen molar-refractivity contribution in [3.63, 3.8) is 0 Å². The molecule has 0 bridgehead atoms. The van der Waals surface area contributed by atoms with E-state index in [4.69, 9.17) is 20.8 Å². The van der Waals surface area contributed by atoms with Crippen molar-refractivity contribution < 1.29 is 23.5 Å². The van der Waals surface area contributed by atoms with E-state index < -0.39 is 24.4 Å². The molecule has 0 fully saturated rings. The van der Waals surface area contributed by atoms with E-state index in [1.54, 1.807) is 24.3 Å². The standard InChI is InChI=1S/C25H21ClN2O5/c1-28(13-22(29)27-20-9-5-4-8-19(20)26)23(30)15-33-24(31)12-17-14-32-21-11-10-16-6-2-3-7-18(16)25(17)21/h2-11,14H,12-13,15H2,1H3,(H,27,29). The molecule has 1 aromatic heterocycles. The Bertz CT molecular complexity index is 1350. The molecule has 2 amide bonds. The highest BCUT2D eigenvalue weighted by Gasteiger charge is 2.18. The maximum atomic E-state index is 12.4. The number of carbonyl (C=O) groups excluding carboxylic acids is 3. The van der Waals surface area contributed by atoms with Crippen LogP contribution in [0.2, 0.25) is 5.02 Å². The number of furan rings is 1. The van der Waals surface area contributed by atoms with Gasteiger partial charge in [-0.1, -0.05) is 54.1 Å². The first-order chi connectivity index (χ1) is 15.9. The van der Waals surface area contributed by atoms with E-state index >= 15 is 0 Å². The Morgan fingerprint density at radius 1 is 1.03 bits per heavy atom. The summed E-state index contributed by atoms with van der Waals surface area (Å²) >= 11 is 6.02. The predicted octanol–water partition coefficient (Wildman–Crippen LogP) is 4.42. The van der Waals surface area contributed by atoms with Crippen molar-refractivity contribution in [1.29, 1.82) is 0 Å². The Kier molecular flexibility index (Phi) is 6.60. The van der Waals surface area contributed by atoms with Gasteiger partial charge in [0.2, 0.25) is 5.91 Å². The Balaban J connectivity index is 1.32. The zero-order chi connectivity index (χ0) is 23.4. The minimum Gasteiger partial charge on any atom is -0.464 e. The molecular formula is C25H21ClN2O5. The SMILES string of the molecule is CN(CC(=O)Nc1ccccc1Cl)C(=O)COC(=O)Cc1coc2ccc3ccccc3c12. The summed E-state index contributed by atoms with van der Waals surface area (Å²) in [6.45, 7) is -0.675. The lowest BCUT2D eigenvalue weighted by atomic mass is 10.0. The molecule has 168 valence electrons. The molecule has 4 rings (SSSR count). The predicted molar refractivity (Wildman–Crippen MR) is 126 cm³/mol. The van der Waals surface area contributed by atoms with Crippen LogP contribution in [0.15, 0.2) is 71.3 Å². The molecule has 7 nitrogen and oxygen atoms in total. The molecule has 4 aromatic rings. The number of amides is 2. The first kappa shape index (κ1) is 22.4. The number of nitrogens with zero attached hydrogens (tertiary/aromatic N) is 1. The van der Waals surface area contributed by atoms with Gasteiger partial charge in [-0.05, 0) is 29.0 Å². The van der Waals surface area contributed by atoms with Crippen LogP contribution in [-0.4, -0.2) is 42.9 Å². The number of fused-ring (bicyclic) bond motifs is 3. The Labute approximate surface area is 194 Å². The third-order valence-corrected chi connectivity index (χ3v) is 5.52. The average Bonchev–Trinajstić information content (AvgIpc) is 3.22. The molecule has 0 saturated carbocycles. The summed E-state index contributed by atoms with van der Waals surface area (Å²) in [6, 6.07) is 18.4. The van der Waals surface area contributed by atoms with Crippen molar-refractivity contribution in [2.75, 3.05) is 25.5 Å². The monoisotopic (exact) mass is 464 g/mol. The summed E-state index contributed by atoms with van der Waals surface area (Å²) < 4.78 is 10.7. The lowest BCUT2D eigenvalue weighted by Gasteiger charge is -2.17. The van der Waals surface area contributed by atoms with Crippen molar-refractivity contribution in [2.45, 2.75) is 6.42 Å². The number of nitrogens with one attached hydrogen (secondary N) is 1. The van der Waals surface area contributed by atoms with E-state index in [2.05, 4.69) is 5.32 Å². The molecular weight excluding hydrogens is 444 g/mol. The lowest BCUT2D eigenvalue weighted by Crippen LogP contribution is -2.37. The summed E-state index contributed by atoms with van der Waals surface area (Å²) in [4.78, 5) is 38.1. The molecule has 0 saturated heterocycles. The van der Waals surface area contributed by atoms with Crippen LogP contribution in [0.4, 0.5) is 5.69 Å². The molecule has 8 heteroatoms. The topological polar surface area (TPSA) is 88.9 Å². The number of likely N-dealkylation sites (N-methyl/N-ethyl adjacent to an activating group) is 1. The Hall–Kier alpha value is -3.84. The highest BCUT2D eigenvalue weighted by Crippen LogP contribution is 2.30. The number of esters is 1. The number of hydrogen-bond donors (Lipinski definition) is 1. The van der Waals surface area contributed by atoms with Crippen molar-refractivity contribution in [3.8, 4) is 0 Å². The van der Waals surface area contributed by atoms with Crippen LogP contribution in [0.1, 0.15) is 5.56 Å². The normalized spacial score (nSPS) is 10.8. The zero-order valence-corrected chi connectivity index (χ0v) is 18.6. The van der Waals surface area contributed by atoms with Crippen LogP contribution in [0.25, 0.3) is 21.7 Å². The number of benzene rings is 3. The number of halogens is 1. The highest BCUT2D eigenvalue weighted by molar-refractivity contribution is 6.33. The molecule has 1 N–H and O–H groups in total. The summed E-state index contributed by atoms with van der Waals surface area (Å²) in [5.74, 6) is -1.48. The zero-order valence-electron chi connectivity index (χ0n) is 17.8. The molecule has 0 aliphatic carbocycles. The van der Waals surface area contributed by atoms with Crippen molar-refractivity contribution in [1.82, 2.24) is 4.90 Å². The van der Waals surface area contributed by atoms with E-state index in [1.807, 2.05) is 36.4 Å². The van der Waals surface area contributed by atoms with Gasteiger partial charge in [0.05, 0.1) is 29.9 Å². The number of hydrogen-bond acceptors (Lipinski definition) is 5. The Morgan fingerprint density at radius 2 is 1.79 bits per heavy atom. The third-order valence-electron chi connectivity index (χ3n) is 5.19. The van der Waals surface area contributed by atoms with Gasteiger partial charge in [-0.3, -0.25) is 14.4 Å². The molecule has 0 unspecified atom stereocenters. The maximum absolute atomic E-state index is 12.4. The minimum atomic E-state index is -0.562. The van der Waals surface area contributed by atoms with Crippen LogP contribution in [0, 0.1) is 0 Å². The third kappa shape index (κ3) is 5.15. The molecule has 0 atom stereocenters. The van der Waals surface area contributed by atoms with Crippen LogP contribution < -0.4 is 5.32 Å². The van der Waals surface area contributed by atoms with Gasteiger partial charge < -0.3 is 19.4 Å². The quantitative estimate of drug-likeness (QED) is 0.409. The van der Waals surface area contributed by atoms with Gasteiger partial charge in [-0.2, -0.15) is 0 Å². The van der Waals surface area contributed by atoms with Gasteiger partial charge in [-0.15, -0.1) is 0 Å². The largest absolute Gasteiger partial charge is 0.464 e. The average molecular weight is 465 g/mol. The van der Waals surface area contributed by atoms with E-state index in [0.717, 1.165) is 16.2 Å². The van der Waals surface area contributed by atoms with Gasteiger partial charge >= 0.3 is 5.97 Å². The molecule has 0 radical (unpaired) electrons. The maximum Gasteiger partial charge on any atom is 0.310 e. The number of ether oxygens (including phenoxy) is 1. The minimum absolute atomic E-state index is 0.0367. The van der Waals surface area contributed by atoms with Crippen molar-refractivity contribution in [3.05, 3.63) is 77.5 Å². The van der Waals surface area contributed by atoms with Crippen LogP contribution in [-0.2, 0) is 25.5 Å². The van der Waals surface area contributed by atoms with Crippen LogP contribution >= 0.6 is 11.6 Å². The first-order valence-electron chi connectivity index (χ1n) is 10.2. The fourth-order valence-electron chi connectivity index (χ4n) is 3.52. The van der Waals surface area contributed by atoms with Crippen LogP contribution in [0.3, 0.4) is 0 Å². The van der Waals surface area contributed by atoms with Crippen molar-refractivity contribution in [2.24, 2.45) is 0 Å². The summed E-state index contributed by atoms with van der Waals surface area (Å²) in [5.41, 5.74) is 1.82. The summed E-state index contributed by atoms with van der Waals surface area (Å²) in [5, 5.41) is 5.90. The highest BCUT2D eigenvalue weighted by atomic mass is 35.5. The molecule has 0 aliphatic heterocycles. The number of rotatable bonds is 7. The van der Waals surface area contributed by atoms with E-state index in [0.29, 0.717) is 21.9 Å². The second kappa shape index (κ2) is 9.75. The summed E-state index contributed by atoms with van der Waals surface area (Å²) in [6.07, 6.45) is 1.50. The second-order valence-electron chi connectivity index (χ2n) is 7.54. The van der Waals surface area contributed by atoms with Gasteiger partial charge in [0.15, 0.2) is 6.61 Å². The lowest BCUT2D eigenvalue weighted by molar-refractivity contribution is -0.151. The molecule has 33 heavy (non-hydrogen) atoms. The van der Waals surface area contributed by atoms with E-state index in [9.17, 15) is 14.4 Å². The molecule has 3 aromatic carbocycles. The summed E-state index contributed by atoms with van der Waals surface area (Å²) in [7, 11) is 1.46. The number of para-hydroxylation sites is 1. The van der Waals surface area contributed by atoms with Gasteiger partial charge in [-0.25, -0.2) is 0 Å². The van der Waals surface area contributed by atoms with Gasteiger partial charge in [0, 0.05) is 18.0 Å². The fourth-order valence-corrected chi connectivity index (χ4v) is 3.70.